The molecule has 0 radical (unpaired) electrons. The van der Waals surface area contributed by atoms with Crippen molar-refractivity contribution in [3.05, 3.63) is 41.7 Å². The molecule has 3 aromatic heterocycles. The van der Waals surface area contributed by atoms with Gasteiger partial charge in [0.15, 0.2) is 0 Å². The summed E-state index contributed by atoms with van der Waals surface area (Å²) in [6.45, 7) is 7.61. The van der Waals surface area contributed by atoms with Crippen LogP contribution >= 0.6 is 11.3 Å². The molecule has 4 rings (SSSR count). The third kappa shape index (κ3) is 4.06. The van der Waals surface area contributed by atoms with Crippen LogP contribution in [0.2, 0.25) is 0 Å². The molecule has 0 saturated carbocycles. The first-order chi connectivity index (χ1) is 13.6. The van der Waals surface area contributed by atoms with Crippen molar-refractivity contribution in [2.45, 2.75) is 13.8 Å². The number of fused-ring (bicyclic) bond motifs is 1. The largest absolute Gasteiger partial charge is 0.477 e. The van der Waals surface area contributed by atoms with Crippen molar-refractivity contribution in [3.63, 3.8) is 0 Å². The first-order valence-electron chi connectivity index (χ1n) is 9.44. The highest BCUT2D eigenvalue weighted by atomic mass is 32.1. The van der Waals surface area contributed by atoms with Crippen LogP contribution in [-0.2, 0) is 0 Å². The molecule has 1 fully saturated rings. The van der Waals surface area contributed by atoms with Crippen LogP contribution in [0.3, 0.4) is 0 Å². The van der Waals surface area contributed by atoms with Crippen LogP contribution in [0.1, 0.15) is 23.5 Å². The number of hydrogen-bond donors (Lipinski definition) is 0. The Hall–Kier alpha value is -2.74. The lowest BCUT2D eigenvalue weighted by Gasteiger charge is -2.35. The monoisotopic (exact) mass is 397 g/mol. The van der Waals surface area contributed by atoms with E-state index in [2.05, 4.69) is 33.7 Å². The average molecular weight is 398 g/mol. The van der Waals surface area contributed by atoms with E-state index in [1.807, 2.05) is 29.2 Å². The number of thiophene rings is 1. The van der Waals surface area contributed by atoms with Crippen LogP contribution in [0.5, 0.6) is 5.88 Å². The molecule has 4 heterocycles. The molecule has 8 heteroatoms. The van der Waals surface area contributed by atoms with Gasteiger partial charge in [-0.2, -0.15) is 0 Å². The molecule has 0 aliphatic carbocycles. The van der Waals surface area contributed by atoms with E-state index >= 15 is 0 Å². The Morgan fingerprint density at radius 3 is 2.75 bits per heavy atom. The van der Waals surface area contributed by atoms with Gasteiger partial charge in [0.1, 0.15) is 17.0 Å². The fourth-order valence-electron chi connectivity index (χ4n) is 3.11. The average Bonchev–Trinajstić information content (AvgIpc) is 3.16. The van der Waals surface area contributed by atoms with Crippen molar-refractivity contribution < 1.29 is 9.53 Å². The van der Waals surface area contributed by atoms with E-state index in [4.69, 9.17) is 4.74 Å². The highest BCUT2D eigenvalue weighted by Crippen LogP contribution is 2.25. The first kappa shape index (κ1) is 18.6. The summed E-state index contributed by atoms with van der Waals surface area (Å²) in [5.41, 5.74) is 0. The van der Waals surface area contributed by atoms with E-state index in [-0.39, 0.29) is 5.91 Å². The second kappa shape index (κ2) is 8.10. The molecular formula is C20H23N5O2S. The molecule has 0 bridgehead atoms. The molecule has 0 N–H and O–H groups in total. The Kier molecular flexibility index (Phi) is 5.38. The maximum atomic E-state index is 12.9. The lowest BCUT2D eigenvalue weighted by molar-refractivity contribution is 0.0751. The molecule has 1 aliphatic rings. The zero-order valence-electron chi connectivity index (χ0n) is 16.0. The molecular weight excluding hydrogens is 374 g/mol. The number of anilines is 1. The van der Waals surface area contributed by atoms with Gasteiger partial charge in [-0.3, -0.25) is 4.79 Å². The number of hydrogen-bond acceptors (Lipinski definition) is 7. The number of carbonyl (C=O) groups excluding carboxylic acids is 1. The number of ether oxygens (including phenoxy) is 1. The van der Waals surface area contributed by atoms with Crippen LogP contribution in [0.15, 0.2) is 36.8 Å². The van der Waals surface area contributed by atoms with E-state index in [1.165, 1.54) is 17.7 Å². The van der Waals surface area contributed by atoms with Gasteiger partial charge in [-0.15, -0.1) is 11.3 Å². The van der Waals surface area contributed by atoms with Gasteiger partial charge in [-0.1, -0.05) is 19.9 Å². The predicted molar refractivity (Wildman–Crippen MR) is 110 cm³/mol. The summed E-state index contributed by atoms with van der Waals surface area (Å²) in [6.07, 6.45) is 3.29. The van der Waals surface area contributed by atoms with Crippen molar-refractivity contribution in [1.82, 2.24) is 19.9 Å². The number of carbonyl (C=O) groups is 1. The summed E-state index contributed by atoms with van der Waals surface area (Å²) < 4.78 is 5.70. The Morgan fingerprint density at radius 1 is 1.18 bits per heavy atom. The second-order valence-electron chi connectivity index (χ2n) is 7.21. The second-order valence-corrected chi connectivity index (χ2v) is 8.24. The van der Waals surface area contributed by atoms with Crippen molar-refractivity contribution in [2.24, 2.45) is 5.92 Å². The van der Waals surface area contributed by atoms with Crippen LogP contribution < -0.4 is 9.64 Å². The SMILES string of the molecule is CC(C)COc1cc(N2CCN(C(=O)c3cc4cccnc4s3)CC2)ncn1. The number of pyridine rings is 1. The minimum atomic E-state index is 0.0753. The number of piperazine rings is 1. The predicted octanol–water partition coefficient (Wildman–Crippen LogP) is 3.08. The van der Waals surface area contributed by atoms with Crippen LogP contribution in [0, 0.1) is 5.92 Å². The Balaban J connectivity index is 1.39. The van der Waals surface area contributed by atoms with Gasteiger partial charge in [0.05, 0.1) is 11.5 Å². The smallest absolute Gasteiger partial charge is 0.264 e. The zero-order chi connectivity index (χ0) is 19.5. The number of amides is 1. The van der Waals surface area contributed by atoms with Crippen molar-refractivity contribution in [2.75, 3.05) is 37.7 Å². The van der Waals surface area contributed by atoms with Gasteiger partial charge in [-0.05, 0) is 18.1 Å². The normalized spacial score (nSPS) is 14.7. The molecule has 1 aliphatic heterocycles. The van der Waals surface area contributed by atoms with Crippen LogP contribution in [-0.4, -0.2) is 58.5 Å². The molecule has 0 spiro atoms. The molecule has 28 heavy (non-hydrogen) atoms. The lowest BCUT2D eigenvalue weighted by atomic mass is 10.2. The molecule has 1 saturated heterocycles. The van der Waals surface area contributed by atoms with Crippen molar-refractivity contribution in [3.8, 4) is 5.88 Å². The summed E-state index contributed by atoms with van der Waals surface area (Å²) in [6, 6.07) is 7.69. The number of aromatic nitrogens is 3. The Bertz CT molecular complexity index is 933. The van der Waals surface area contributed by atoms with Crippen molar-refractivity contribution in [1.29, 1.82) is 0 Å². The van der Waals surface area contributed by atoms with Gasteiger partial charge in [0.2, 0.25) is 5.88 Å². The Morgan fingerprint density at radius 2 is 2.00 bits per heavy atom. The van der Waals surface area contributed by atoms with Crippen LogP contribution in [0.4, 0.5) is 5.82 Å². The standard InChI is InChI=1S/C20H23N5O2S/c1-14(2)12-27-18-11-17(22-13-23-18)24-6-8-25(9-7-24)20(26)16-10-15-4-3-5-21-19(15)28-16/h3-5,10-11,13-14H,6-9,12H2,1-2H3. The summed E-state index contributed by atoms with van der Waals surface area (Å²) in [5, 5.41) is 1.02. The molecule has 0 atom stereocenters. The molecule has 146 valence electrons. The molecule has 3 aromatic rings. The fraction of sp³-hybridized carbons (Fsp3) is 0.400. The first-order valence-corrected chi connectivity index (χ1v) is 10.3. The van der Waals surface area contributed by atoms with E-state index in [0.717, 1.165) is 34.0 Å². The summed E-state index contributed by atoms with van der Waals surface area (Å²) >= 11 is 1.45. The van der Waals surface area contributed by atoms with E-state index < -0.39 is 0 Å². The van der Waals surface area contributed by atoms with Gasteiger partial charge in [0, 0.05) is 43.8 Å². The molecule has 1 amide bonds. The highest BCUT2D eigenvalue weighted by Gasteiger charge is 2.24. The maximum absolute atomic E-state index is 12.9. The van der Waals surface area contributed by atoms with Crippen molar-refractivity contribution >= 4 is 33.3 Å². The Labute approximate surface area is 168 Å². The van der Waals surface area contributed by atoms with E-state index in [1.54, 1.807) is 6.20 Å². The van der Waals surface area contributed by atoms with Gasteiger partial charge >= 0.3 is 0 Å². The third-order valence-corrected chi connectivity index (χ3v) is 5.63. The number of nitrogens with zero attached hydrogens (tertiary/aromatic N) is 5. The molecule has 0 unspecified atom stereocenters. The fourth-order valence-corrected chi connectivity index (χ4v) is 4.08. The highest BCUT2D eigenvalue weighted by molar-refractivity contribution is 7.20. The third-order valence-electron chi connectivity index (χ3n) is 4.59. The molecule has 0 aromatic carbocycles. The molecule has 7 nitrogen and oxygen atoms in total. The topological polar surface area (TPSA) is 71.5 Å². The van der Waals surface area contributed by atoms with Gasteiger partial charge < -0.3 is 14.5 Å². The van der Waals surface area contributed by atoms with Gasteiger partial charge in [0.25, 0.3) is 5.91 Å². The summed E-state index contributed by atoms with van der Waals surface area (Å²) in [7, 11) is 0. The van der Waals surface area contributed by atoms with E-state index in [0.29, 0.717) is 31.5 Å². The maximum Gasteiger partial charge on any atom is 0.264 e. The number of rotatable bonds is 5. The summed E-state index contributed by atoms with van der Waals surface area (Å²) in [4.78, 5) is 31.5. The minimum Gasteiger partial charge on any atom is -0.477 e. The quantitative estimate of drug-likeness (QED) is 0.659. The lowest BCUT2D eigenvalue weighted by Crippen LogP contribution is -2.48. The minimum absolute atomic E-state index is 0.0753. The van der Waals surface area contributed by atoms with Gasteiger partial charge in [-0.25, -0.2) is 15.0 Å². The van der Waals surface area contributed by atoms with Crippen LogP contribution in [0.25, 0.3) is 10.2 Å². The van der Waals surface area contributed by atoms with E-state index in [9.17, 15) is 4.79 Å². The zero-order valence-corrected chi connectivity index (χ0v) is 16.9. The summed E-state index contributed by atoms with van der Waals surface area (Å²) in [5.74, 6) is 1.95.